The van der Waals surface area contributed by atoms with Crippen LogP contribution in [0.25, 0.3) is 0 Å². The van der Waals surface area contributed by atoms with Crippen molar-refractivity contribution in [3.8, 4) is 0 Å². The summed E-state index contributed by atoms with van der Waals surface area (Å²) < 4.78 is 5.03. The molecule has 0 amide bonds. The first kappa shape index (κ1) is 16.6. The molecule has 0 radical (unpaired) electrons. The third-order valence-electron chi connectivity index (χ3n) is 3.16. The van der Waals surface area contributed by atoms with Gasteiger partial charge < -0.3 is 9.84 Å². The van der Waals surface area contributed by atoms with Crippen LogP contribution in [0.1, 0.15) is 25.3 Å². The molecule has 0 saturated heterocycles. The maximum absolute atomic E-state index is 12.3. The Labute approximate surface area is 123 Å². The van der Waals surface area contributed by atoms with E-state index in [1.165, 1.54) is 0 Å². The molecule has 0 aliphatic carbocycles. The Balaban J connectivity index is 3.20. The van der Waals surface area contributed by atoms with Crippen LogP contribution in [-0.2, 0) is 19.7 Å². The fraction of sp³-hybridized carbons (Fsp3) is 0.467. The SMILES string of the molecule is CCOC(=O)C(CCCSC)(C(=O)O)c1ccccc1. The standard InChI is InChI=1S/C15H20O4S/c1-3-19-14(18)15(13(16)17,10-7-11-20-2)12-8-5-4-6-9-12/h4-6,8-9H,3,7,10-11H2,1-2H3,(H,16,17). The average molecular weight is 296 g/mol. The van der Waals surface area contributed by atoms with Crippen molar-refractivity contribution in [2.75, 3.05) is 18.6 Å². The molecule has 4 nitrogen and oxygen atoms in total. The van der Waals surface area contributed by atoms with Crippen LogP contribution in [0.5, 0.6) is 0 Å². The molecular weight excluding hydrogens is 276 g/mol. The van der Waals surface area contributed by atoms with Gasteiger partial charge >= 0.3 is 11.9 Å². The summed E-state index contributed by atoms with van der Waals surface area (Å²) in [6, 6.07) is 8.61. The molecule has 110 valence electrons. The van der Waals surface area contributed by atoms with Crippen LogP contribution in [0, 0.1) is 0 Å². The minimum absolute atomic E-state index is 0.170. The Kier molecular flexibility index (Phi) is 6.58. The van der Waals surface area contributed by atoms with Crippen LogP contribution in [0.3, 0.4) is 0 Å². The fourth-order valence-corrected chi connectivity index (χ4v) is 2.57. The van der Waals surface area contributed by atoms with Gasteiger partial charge in [-0.25, -0.2) is 0 Å². The zero-order valence-corrected chi connectivity index (χ0v) is 12.6. The average Bonchev–Trinajstić information content (AvgIpc) is 2.44. The van der Waals surface area contributed by atoms with E-state index in [1.807, 2.05) is 6.26 Å². The molecule has 1 aromatic rings. The molecule has 5 heteroatoms. The van der Waals surface area contributed by atoms with Crippen LogP contribution in [0.2, 0.25) is 0 Å². The zero-order valence-electron chi connectivity index (χ0n) is 11.8. The Morgan fingerprint density at radius 2 is 1.95 bits per heavy atom. The lowest BCUT2D eigenvalue weighted by molar-refractivity contribution is -0.162. The largest absolute Gasteiger partial charge is 0.480 e. The Morgan fingerprint density at radius 1 is 1.30 bits per heavy atom. The van der Waals surface area contributed by atoms with Crippen molar-refractivity contribution in [3.05, 3.63) is 35.9 Å². The van der Waals surface area contributed by atoms with E-state index >= 15 is 0 Å². The number of hydrogen-bond acceptors (Lipinski definition) is 4. The Morgan fingerprint density at radius 3 is 2.45 bits per heavy atom. The first-order valence-corrected chi connectivity index (χ1v) is 7.94. The molecule has 0 spiro atoms. The smallest absolute Gasteiger partial charge is 0.328 e. The van der Waals surface area contributed by atoms with Gasteiger partial charge in [-0.15, -0.1) is 0 Å². The van der Waals surface area contributed by atoms with E-state index in [4.69, 9.17) is 4.74 Å². The first-order valence-electron chi connectivity index (χ1n) is 6.54. The van der Waals surface area contributed by atoms with Crippen molar-refractivity contribution >= 4 is 23.7 Å². The van der Waals surface area contributed by atoms with Crippen molar-refractivity contribution in [1.29, 1.82) is 0 Å². The normalized spacial score (nSPS) is 13.5. The first-order chi connectivity index (χ1) is 9.59. The molecule has 0 aliphatic rings. The van der Waals surface area contributed by atoms with E-state index in [-0.39, 0.29) is 13.0 Å². The second-order valence-corrected chi connectivity index (χ2v) is 5.38. The van der Waals surface area contributed by atoms with Crippen LogP contribution in [0.4, 0.5) is 0 Å². The summed E-state index contributed by atoms with van der Waals surface area (Å²) in [7, 11) is 0. The van der Waals surface area contributed by atoms with Gasteiger partial charge in [-0.1, -0.05) is 30.3 Å². The van der Waals surface area contributed by atoms with E-state index in [0.29, 0.717) is 12.0 Å². The molecule has 0 bridgehead atoms. The Bertz CT molecular complexity index is 446. The van der Waals surface area contributed by atoms with Crippen molar-refractivity contribution in [2.45, 2.75) is 25.2 Å². The molecule has 20 heavy (non-hydrogen) atoms. The summed E-state index contributed by atoms with van der Waals surface area (Å²) in [5, 5.41) is 9.67. The molecular formula is C15H20O4S. The van der Waals surface area contributed by atoms with Crippen molar-refractivity contribution in [3.63, 3.8) is 0 Å². The summed E-state index contributed by atoms with van der Waals surface area (Å²) in [5.41, 5.74) is -1.13. The van der Waals surface area contributed by atoms with Crippen LogP contribution < -0.4 is 0 Å². The van der Waals surface area contributed by atoms with Gasteiger partial charge in [0.2, 0.25) is 0 Å². The predicted molar refractivity (Wildman–Crippen MR) is 80.0 cm³/mol. The van der Waals surface area contributed by atoms with Gasteiger partial charge in [0.15, 0.2) is 5.41 Å². The summed E-state index contributed by atoms with van der Waals surface area (Å²) >= 11 is 1.63. The highest BCUT2D eigenvalue weighted by Gasteiger charge is 2.48. The van der Waals surface area contributed by atoms with Gasteiger partial charge in [-0.3, -0.25) is 9.59 Å². The summed E-state index contributed by atoms with van der Waals surface area (Å²) in [4.78, 5) is 24.1. The number of carbonyl (C=O) groups is 2. The molecule has 1 rings (SSSR count). The van der Waals surface area contributed by atoms with Crippen molar-refractivity contribution in [1.82, 2.24) is 0 Å². The highest BCUT2D eigenvalue weighted by Crippen LogP contribution is 2.32. The quantitative estimate of drug-likeness (QED) is 0.454. The van der Waals surface area contributed by atoms with Gasteiger partial charge in [-0.2, -0.15) is 11.8 Å². The number of benzene rings is 1. The van der Waals surface area contributed by atoms with Gasteiger partial charge in [0.05, 0.1) is 6.61 Å². The number of carboxylic acid groups (broad SMARTS) is 1. The lowest BCUT2D eigenvalue weighted by Crippen LogP contribution is -2.45. The zero-order chi connectivity index (χ0) is 15.0. The lowest BCUT2D eigenvalue weighted by atomic mass is 9.76. The molecule has 1 N–H and O–H groups in total. The highest BCUT2D eigenvalue weighted by atomic mass is 32.2. The number of hydrogen-bond donors (Lipinski definition) is 1. The topological polar surface area (TPSA) is 63.6 Å². The Hall–Kier alpha value is -1.49. The van der Waals surface area contributed by atoms with E-state index in [9.17, 15) is 14.7 Å². The minimum atomic E-state index is -1.60. The predicted octanol–water partition coefficient (Wildman–Crippen LogP) is 2.72. The molecule has 1 unspecified atom stereocenters. The molecule has 0 aliphatic heterocycles. The lowest BCUT2D eigenvalue weighted by Gasteiger charge is -2.27. The second kappa shape index (κ2) is 7.94. The van der Waals surface area contributed by atoms with Crippen LogP contribution in [0.15, 0.2) is 30.3 Å². The highest BCUT2D eigenvalue weighted by molar-refractivity contribution is 7.98. The molecule has 1 atom stereocenters. The van der Waals surface area contributed by atoms with E-state index in [0.717, 1.165) is 5.75 Å². The maximum atomic E-state index is 12.3. The van der Waals surface area contributed by atoms with Gasteiger partial charge in [0.25, 0.3) is 0 Å². The number of aliphatic carboxylic acids is 1. The summed E-state index contributed by atoms with van der Waals surface area (Å²) in [5.74, 6) is -1.02. The number of esters is 1. The summed E-state index contributed by atoms with van der Waals surface area (Å²) in [6.45, 7) is 1.85. The number of carbonyl (C=O) groups excluding carboxylic acids is 1. The van der Waals surface area contributed by atoms with E-state index < -0.39 is 17.4 Å². The van der Waals surface area contributed by atoms with Crippen molar-refractivity contribution in [2.24, 2.45) is 0 Å². The number of rotatable bonds is 8. The molecule has 0 saturated carbocycles. The third kappa shape index (κ3) is 3.54. The molecule has 1 aromatic carbocycles. The fourth-order valence-electron chi connectivity index (χ4n) is 2.14. The minimum Gasteiger partial charge on any atom is -0.480 e. The third-order valence-corrected chi connectivity index (χ3v) is 3.85. The number of thioether (sulfide) groups is 1. The number of carboxylic acids is 1. The monoisotopic (exact) mass is 296 g/mol. The second-order valence-electron chi connectivity index (χ2n) is 4.39. The summed E-state index contributed by atoms with van der Waals surface area (Å²) in [6.07, 6.45) is 2.84. The van der Waals surface area contributed by atoms with Crippen molar-refractivity contribution < 1.29 is 19.4 Å². The molecule has 0 fully saturated rings. The van der Waals surface area contributed by atoms with E-state index in [2.05, 4.69) is 0 Å². The van der Waals surface area contributed by atoms with Gasteiger partial charge in [-0.05, 0) is 37.3 Å². The molecule has 0 heterocycles. The maximum Gasteiger partial charge on any atom is 0.328 e. The number of ether oxygens (including phenoxy) is 1. The van der Waals surface area contributed by atoms with Crippen LogP contribution in [-0.4, -0.2) is 35.7 Å². The molecule has 0 aromatic heterocycles. The van der Waals surface area contributed by atoms with Gasteiger partial charge in [0.1, 0.15) is 0 Å². The van der Waals surface area contributed by atoms with Crippen LogP contribution >= 0.6 is 11.8 Å². The van der Waals surface area contributed by atoms with E-state index in [1.54, 1.807) is 49.0 Å². The van der Waals surface area contributed by atoms with Gasteiger partial charge in [0, 0.05) is 0 Å².